The lowest BCUT2D eigenvalue weighted by molar-refractivity contribution is -0.0760. The van der Waals surface area contributed by atoms with Crippen molar-refractivity contribution in [2.24, 2.45) is 17.8 Å². The van der Waals surface area contributed by atoms with Crippen LogP contribution in [0.5, 0.6) is 11.5 Å². The van der Waals surface area contributed by atoms with Crippen molar-refractivity contribution in [3.63, 3.8) is 0 Å². The van der Waals surface area contributed by atoms with E-state index in [-0.39, 0.29) is 19.5 Å². The summed E-state index contributed by atoms with van der Waals surface area (Å²) < 4.78 is 11.2. The Hall–Kier alpha value is -2.04. The van der Waals surface area contributed by atoms with Crippen LogP contribution in [0.4, 0.5) is 0 Å². The van der Waals surface area contributed by atoms with Crippen molar-refractivity contribution in [3.8, 4) is 11.5 Å². The van der Waals surface area contributed by atoms with E-state index in [1.54, 1.807) is 0 Å². The van der Waals surface area contributed by atoms with E-state index in [1.807, 2.05) is 31.2 Å². The molecule has 5 atom stereocenters. The van der Waals surface area contributed by atoms with E-state index in [2.05, 4.69) is 59.7 Å². The van der Waals surface area contributed by atoms with E-state index < -0.39 is 0 Å². The van der Waals surface area contributed by atoms with Crippen LogP contribution in [0.2, 0.25) is 0 Å². The fourth-order valence-electron chi connectivity index (χ4n) is 5.43. The van der Waals surface area contributed by atoms with Crippen LogP contribution < -0.4 is 4.74 Å². The molecule has 2 N–H and O–H groups in total. The van der Waals surface area contributed by atoms with Gasteiger partial charge in [-0.3, -0.25) is 0 Å². The van der Waals surface area contributed by atoms with E-state index >= 15 is 0 Å². The molecule has 0 spiro atoms. The number of phenols is 1. The van der Waals surface area contributed by atoms with Gasteiger partial charge in [-0.05, 0) is 110 Å². The molecule has 4 heteroatoms. The Morgan fingerprint density at radius 1 is 0.889 bits per heavy atom. The van der Waals surface area contributed by atoms with Gasteiger partial charge in [-0.2, -0.15) is 0 Å². The topological polar surface area (TPSA) is 58.9 Å². The Morgan fingerprint density at radius 3 is 2.17 bits per heavy atom. The maximum Gasteiger partial charge on any atom is 0.197 e. The Labute approximate surface area is 220 Å². The molecule has 0 aliphatic rings. The first-order valence-corrected chi connectivity index (χ1v) is 13.9. The standard InChI is InChI=1S/C32H50O4/c1-8-27(31-16-13-29(34)21-25(31)6)20-23(4)9-10-24(5)32(19-22(2)3)28-11-14-30(15-12-28)36-26(7)35-18-17-33/h11-16,21-24,26-27,32-34H,8-10,17-20H2,1-7H3. The predicted molar refractivity (Wildman–Crippen MR) is 150 cm³/mol. The summed E-state index contributed by atoms with van der Waals surface area (Å²) in [5.74, 6) is 4.11. The van der Waals surface area contributed by atoms with Crippen LogP contribution >= 0.6 is 0 Å². The Morgan fingerprint density at radius 2 is 1.58 bits per heavy atom. The summed E-state index contributed by atoms with van der Waals surface area (Å²) in [7, 11) is 0. The van der Waals surface area contributed by atoms with E-state index in [4.69, 9.17) is 14.6 Å². The molecule has 5 unspecified atom stereocenters. The first-order chi connectivity index (χ1) is 17.1. The Bertz CT molecular complexity index is 876. The maximum atomic E-state index is 9.79. The van der Waals surface area contributed by atoms with Gasteiger partial charge >= 0.3 is 0 Å². The number of aliphatic hydroxyl groups excluding tert-OH is 1. The highest BCUT2D eigenvalue weighted by molar-refractivity contribution is 5.36. The number of aryl methyl sites for hydroxylation is 1. The third-order valence-corrected chi connectivity index (χ3v) is 7.45. The van der Waals surface area contributed by atoms with Gasteiger partial charge in [0.2, 0.25) is 0 Å². The van der Waals surface area contributed by atoms with Crippen molar-refractivity contribution in [2.75, 3.05) is 13.2 Å². The zero-order valence-electron chi connectivity index (χ0n) is 23.7. The fourth-order valence-corrected chi connectivity index (χ4v) is 5.43. The number of rotatable bonds is 16. The van der Waals surface area contributed by atoms with Crippen LogP contribution in [0, 0.1) is 24.7 Å². The lowest BCUT2D eigenvalue weighted by atomic mass is 9.77. The van der Waals surface area contributed by atoms with Crippen molar-refractivity contribution >= 4 is 0 Å². The molecule has 4 nitrogen and oxygen atoms in total. The highest BCUT2D eigenvalue weighted by Crippen LogP contribution is 2.37. The molecule has 202 valence electrons. The van der Waals surface area contributed by atoms with Gasteiger partial charge in [-0.15, -0.1) is 0 Å². The normalized spacial score (nSPS) is 15.9. The van der Waals surface area contributed by atoms with Crippen molar-refractivity contribution in [3.05, 3.63) is 59.2 Å². The predicted octanol–water partition coefficient (Wildman–Crippen LogP) is 8.20. The number of aromatic hydroxyl groups is 1. The van der Waals surface area contributed by atoms with Crippen molar-refractivity contribution in [2.45, 2.75) is 98.7 Å². The summed E-state index contributed by atoms with van der Waals surface area (Å²) in [5.41, 5.74) is 3.96. The summed E-state index contributed by atoms with van der Waals surface area (Å²) >= 11 is 0. The van der Waals surface area contributed by atoms with E-state index in [0.717, 1.165) is 12.2 Å². The summed E-state index contributed by atoms with van der Waals surface area (Å²) in [5, 5.41) is 18.7. The minimum atomic E-state index is -0.382. The van der Waals surface area contributed by atoms with Crippen LogP contribution in [0.3, 0.4) is 0 Å². The summed E-state index contributed by atoms with van der Waals surface area (Å²) in [6.45, 7) is 15.9. The maximum absolute atomic E-state index is 9.79. The minimum Gasteiger partial charge on any atom is -0.508 e. The first-order valence-electron chi connectivity index (χ1n) is 13.9. The fraction of sp³-hybridized carbons (Fsp3) is 0.625. The first kappa shape index (κ1) is 30.2. The third kappa shape index (κ3) is 9.78. The van der Waals surface area contributed by atoms with Gasteiger partial charge < -0.3 is 19.7 Å². The monoisotopic (exact) mass is 498 g/mol. The zero-order valence-corrected chi connectivity index (χ0v) is 23.7. The van der Waals surface area contributed by atoms with Gasteiger partial charge in [-0.1, -0.05) is 59.2 Å². The highest BCUT2D eigenvalue weighted by Gasteiger charge is 2.23. The molecule has 0 amide bonds. The van der Waals surface area contributed by atoms with E-state index in [0.29, 0.717) is 35.3 Å². The molecule has 36 heavy (non-hydrogen) atoms. The molecule has 2 aromatic rings. The molecule has 0 aliphatic heterocycles. The molecule has 2 aromatic carbocycles. The molecule has 0 heterocycles. The van der Waals surface area contributed by atoms with Crippen molar-refractivity contribution in [1.29, 1.82) is 0 Å². The smallest absolute Gasteiger partial charge is 0.197 e. The van der Waals surface area contributed by atoms with Gasteiger partial charge in [-0.25, -0.2) is 0 Å². The van der Waals surface area contributed by atoms with Crippen LogP contribution in [0.1, 0.15) is 102 Å². The third-order valence-electron chi connectivity index (χ3n) is 7.45. The molecule has 0 fully saturated rings. The number of phenolic OH excluding ortho intramolecular Hbond substituents is 1. The molecule has 0 saturated heterocycles. The molecular formula is C32H50O4. The van der Waals surface area contributed by atoms with Gasteiger partial charge in [0.05, 0.1) is 13.2 Å². The lowest BCUT2D eigenvalue weighted by Crippen LogP contribution is -2.18. The summed E-state index contributed by atoms with van der Waals surface area (Å²) in [4.78, 5) is 0. The van der Waals surface area contributed by atoms with Crippen LogP contribution in [-0.4, -0.2) is 29.7 Å². The summed E-state index contributed by atoms with van der Waals surface area (Å²) in [6, 6.07) is 14.3. The number of hydrogen-bond acceptors (Lipinski definition) is 4. The lowest BCUT2D eigenvalue weighted by Gasteiger charge is -2.28. The van der Waals surface area contributed by atoms with E-state index in [1.165, 1.54) is 42.4 Å². The molecular weight excluding hydrogens is 448 g/mol. The molecule has 0 radical (unpaired) electrons. The van der Waals surface area contributed by atoms with Crippen LogP contribution in [0.25, 0.3) is 0 Å². The second kappa shape index (κ2) is 15.3. The average molecular weight is 499 g/mol. The van der Waals surface area contributed by atoms with E-state index in [9.17, 15) is 5.11 Å². The van der Waals surface area contributed by atoms with Gasteiger partial charge in [0.1, 0.15) is 11.5 Å². The van der Waals surface area contributed by atoms with Crippen LogP contribution in [-0.2, 0) is 4.74 Å². The van der Waals surface area contributed by atoms with Crippen molar-refractivity contribution in [1.82, 2.24) is 0 Å². The number of ether oxygens (including phenoxy) is 2. The molecule has 0 saturated carbocycles. The Kier molecular flexibility index (Phi) is 12.8. The quantitative estimate of drug-likeness (QED) is 0.229. The Balaban J connectivity index is 1.99. The molecule has 0 aliphatic carbocycles. The van der Waals surface area contributed by atoms with Crippen LogP contribution in [0.15, 0.2) is 42.5 Å². The highest BCUT2D eigenvalue weighted by atomic mass is 16.7. The molecule has 2 rings (SSSR count). The summed E-state index contributed by atoms with van der Waals surface area (Å²) in [6.07, 6.45) is 5.55. The average Bonchev–Trinajstić information content (AvgIpc) is 2.84. The molecule has 0 aromatic heterocycles. The molecule has 0 bridgehead atoms. The van der Waals surface area contributed by atoms with Gasteiger partial charge in [0.25, 0.3) is 0 Å². The van der Waals surface area contributed by atoms with Gasteiger partial charge in [0, 0.05) is 0 Å². The largest absolute Gasteiger partial charge is 0.508 e. The second-order valence-corrected chi connectivity index (χ2v) is 11.1. The zero-order chi connectivity index (χ0) is 26.7. The van der Waals surface area contributed by atoms with Crippen molar-refractivity contribution < 1.29 is 19.7 Å². The SMILES string of the molecule is CCC(CC(C)CCC(C)C(CC(C)C)c1ccc(OC(C)OCCO)cc1)c1ccc(O)cc1C. The number of hydrogen-bond donors (Lipinski definition) is 2. The number of benzene rings is 2. The minimum absolute atomic E-state index is 0.00439. The number of aliphatic hydroxyl groups is 1. The van der Waals surface area contributed by atoms with Gasteiger partial charge in [0.15, 0.2) is 6.29 Å². The second-order valence-electron chi connectivity index (χ2n) is 11.1.